The lowest BCUT2D eigenvalue weighted by molar-refractivity contribution is 0.0527. The fourth-order valence-electron chi connectivity index (χ4n) is 2.68. The van der Waals surface area contributed by atoms with Gasteiger partial charge < -0.3 is 20.4 Å². The lowest BCUT2D eigenvalue weighted by Crippen LogP contribution is -2.39. The van der Waals surface area contributed by atoms with Crippen molar-refractivity contribution < 1.29 is 14.3 Å². The molecule has 6 heteroatoms. The summed E-state index contributed by atoms with van der Waals surface area (Å²) in [6, 6.07) is -0.0451. The molecule has 3 N–H and O–H groups in total. The van der Waals surface area contributed by atoms with Crippen molar-refractivity contribution in [3.05, 3.63) is 17.5 Å². The van der Waals surface area contributed by atoms with Crippen LogP contribution in [0.15, 0.2) is 6.20 Å². The molecule has 1 aromatic rings. The number of esters is 1. The Balaban J connectivity index is 1.98. The Bertz CT molecular complexity index is 504. The molecule has 1 aliphatic rings. The van der Waals surface area contributed by atoms with Gasteiger partial charge in [-0.2, -0.15) is 0 Å². The van der Waals surface area contributed by atoms with E-state index in [1.54, 1.807) is 20.0 Å². The molecule has 1 aliphatic carbocycles. The highest BCUT2D eigenvalue weighted by molar-refractivity contribution is 6.01. The highest BCUT2D eigenvalue weighted by Gasteiger charge is 2.20. The molecule has 0 saturated heterocycles. The van der Waals surface area contributed by atoms with Gasteiger partial charge in [-0.25, -0.2) is 9.59 Å². The number of urea groups is 1. The number of H-pyrrole nitrogens is 1. The molecule has 0 aromatic carbocycles. The number of aromatic amines is 1. The van der Waals surface area contributed by atoms with E-state index in [9.17, 15) is 9.59 Å². The van der Waals surface area contributed by atoms with Crippen molar-refractivity contribution in [2.45, 2.75) is 52.0 Å². The number of amides is 2. The van der Waals surface area contributed by atoms with Crippen molar-refractivity contribution in [2.24, 2.45) is 0 Å². The number of anilines is 1. The fraction of sp³-hybridized carbons (Fsp3) is 0.600. The third-order valence-electron chi connectivity index (χ3n) is 3.75. The van der Waals surface area contributed by atoms with E-state index >= 15 is 0 Å². The number of rotatable bonds is 4. The van der Waals surface area contributed by atoms with Crippen LogP contribution in [-0.2, 0) is 4.74 Å². The minimum Gasteiger partial charge on any atom is -0.462 e. The first-order valence-electron chi connectivity index (χ1n) is 7.54. The van der Waals surface area contributed by atoms with E-state index in [1.165, 1.54) is 6.42 Å². The van der Waals surface area contributed by atoms with Crippen molar-refractivity contribution in [3.63, 3.8) is 0 Å². The van der Waals surface area contributed by atoms with Crippen LogP contribution < -0.4 is 10.6 Å². The Kier molecular flexibility index (Phi) is 5.25. The molecule has 0 aliphatic heterocycles. The normalized spacial score (nSPS) is 15.5. The molecule has 1 aromatic heterocycles. The van der Waals surface area contributed by atoms with Gasteiger partial charge in [0.2, 0.25) is 0 Å². The predicted octanol–water partition coefficient (Wildman–Crippen LogP) is 2.95. The number of hydrogen-bond donors (Lipinski definition) is 3. The van der Waals surface area contributed by atoms with Gasteiger partial charge >= 0.3 is 12.0 Å². The van der Waals surface area contributed by atoms with Crippen molar-refractivity contribution in [2.75, 3.05) is 11.9 Å². The van der Waals surface area contributed by atoms with E-state index < -0.39 is 5.97 Å². The Morgan fingerprint density at radius 1 is 1.33 bits per heavy atom. The van der Waals surface area contributed by atoms with Crippen LogP contribution in [0.5, 0.6) is 0 Å². The molecule has 0 spiro atoms. The number of hydrogen-bond acceptors (Lipinski definition) is 3. The van der Waals surface area contributed by atoms with Crippen molar-refractivity contribution >= 4 is 17.7 Å². The van der Waals surface area contributed by atoms with Crippen LogP contribution in [0.4, 0.5) is 10.5 Å². The monoisotopic (exact) mass is 293 g/mol. The molecular weight excluding hydrogens is 270 g/mol. The minimum atomic E-state index is -0.427. The molecule has 1 fully saturated rings. The van der Waals surface area contributed by atoms with Crippen LogP contribution in [0.1, 0.15) is 55.1 Å². The quantitative estimate of drug-likeness (QED) is 0.746. The summed E-state index contributed by atoms with van der Waals surface area (Å²) >= 11 is 0. The van der Waals surface area contributed by atoms with E-state index in [4.69, 9.17) is 4.74 Å². The lowest BCUT2D eigenvalue weighted by atomic mass is 9.96. The topological polar surface area (TPSA) is 83.2 Å². The molecule has 2 rings (SSSR count). The van der Waals surface area contributed by atoms with Crippen LogP contribution >= 0.6 is 0 Å². The van der Waals surface area contributed by atoms with Gasteiger partial charge in [0, 0.05) is 17.9 Å². The SMILES string of the molecule is CCOC(=O)c1c(NC(=O)NC2CCCCC2)c[nH]c1C. The average Bonchev–Trinajstić information content (AvgIpc) is 2.81. The zero-order valence-corrected chi connectivity index (χ0v) is 12.6. The van der Waals surface area contributed by atoms with E-state index in [0.29, 0.717) is 23.6 Å². The van der Waals surface area contributed by atoms with Gasteiger partial charge in [-0.1, -0.05) is 19.3 Å². The Hall–Kier alpha value is -1.98. The summed E-state index contributed by atoms with van der Waals surface area (Å²) in [6.07, 6.45) is 7.20. The van der Waals surface area contributed by atoms with E-state index in [2.05, 4.69) is 15.6 Å². The fourth-order valence-corrected chi connectivity index (χ4v) is 2.68. The maximum Gasteiger partial charge on any atom is 0.342 e. The zero-order chi connectivity index (χ0) is 15.2. The summed E-state index contributed by atoms with van der Waals surface area (Å²) in [7, 11) is 0. The van der Waals surface area contributed by atoms with E-state index in [-0.39, 0.29) is 12.1 Å². The summed E-state index contributed by atoms with van der Waals surface area (Å²) in [5.41, 5.74) is 1.52. The van der Waals surface area contributed by atoms with Gasteiger partial charge in [-0.3, -0.25) is 0 Å². The second-order valence-corrected chi connectivity index (χ2v) is 5.36. The second-order valence-electron chi connectivity index (χ2n) is 5.36. The first-order chi connectivity index (χ1) is 10.1. The molecule has 21 heavy (non-hydrogen) atoms. The third-order valence-corrected chi connectivity index (χ3v) is 3.75. The largest absolute Gasteiger partial charge is 0.462 e. The van der Waals surface area contributed by atoms with Crippen LogP contribution in [0.2, 0.25) is 0 Å². The first-order valence-corrected chi connectivity index (χ1v) is 7.54. The first kappa shape index (κ1) is 15.4. The van der Waals surface area contributed by atoms with E-state index in [0.717, 1.165) is 25.7 Å². The number of aromatic nitrogens is 1. The van der Waals surface area contributed by atoms with E-state index in [1.807, 2.05) is 0 Å². The maximum absolute atomic E-state index is 12.0. The lowest BCUT2D eigenvalue weighted by Gasteiger charge is -2.22. The summed E-state index contributed by atoms with van der Waals surface area (Å²) in [6.45, 7) is 3.83. The van der Waals surface area contributed by atoms with Gasteiger partial charge in [0.15, 0.2) is 0 Å². The molecule has 1 saturated carbocycles. The summed E-state index contributed by atoms with van der Waals surface area (Å²) in [5, 5.41) is 5.69. The highest BCUT2D eigenvalue weighted by atomic mass is 16.5. The minimum absolute atomic E-state index is 0.227. The smallest absolute Gasteiger partial charge is 0.342 e. The molecule has 116 valence electrons. The highest BCUT2D eigenvalue weighted by Crippen LogP contribution is 2.21. The molecule has 0 radical (unpaired) electrons. The molecule has 2 amide bonds. The summed E-state index contributed by atoms with van der Waals surface area (Å²) in [5.74, 6) is -0.427. The number of nitrogens with one attached hydrogen (secondary N) is 3. The third kappa shape index (κ3) is 4.00. The Morgan fingerprint density at radius 3 is 2.71 bits per heavy atom. The van der Waals surface area contributed by atoms with Crippen molar-refractivity contribution in [1.82, 2.24) is 10.3 Å². The number of aryl methyl sites for hydroxylation is 1. The predicted molar refractivity (Wildman–Crippen MR) is 80.5 cm³/mol. The molecule has 0 atom stereocenters. The van der Waals surface area contributed by atoms with Gasteiger partial charge in [-0.05, 0) is 26.7 Å². The second kappa shape index (κ2) is 7.15. The summed E-state index contributed by atoms with van der Waals surface area (Å²) < 4.78 is 5.01. The van der Waals surface area contributed by atoms with Gasteiger partial charge in [-0.15, -0.1) is 0 Å². The maximum atomic E-state index is 12.0. The van der Waals surface area contributed by atoms with Gasteiger partial charge in [0.25, 0.3) is 0 Å². The molecule has 0 unspecified atom stereocenters. The number of carbonyl (C=O) groups is 2. The molecule has 0 bridgehead atoms. The Morgan fingerprint density at radius 2 is 2.05 bits per heavy atom. The van der Waals surface area contributed by atoms with Crippen LogP contribution in [0.25, 0.3) is 0 Å². The number of carbonyl (C=O) groups excluding carboxylic acids is 2. The molecule has 1 heterocycles. The van der Waals surface area contributed by atoms with Crippen molar-refractivity contribution in [3.8, 4) is 0 Å². The standard InChI is InChI=1S/C15H23N3O3/c1-3-21-14(19)13-10(2)16-9-12(13)18-15(20)17-11-7-5-4-6-8-11/h9,11,16H,3-8H2,1-2H3,(H2,17,18,20). The van der Waals surface area contributed by atoms with Gasteiger partial charge in [0.1, 0.15) is 5.56 Å². The Labute approximate surface area is 124 Å². The van der Waals surface area contributed by atoms with Crippen LogP contribution in [0.3, 0.4) is 0 Å². The zero-order valence-electron chi connectivity index (χ0n) is 12.6. The van der Waals surface area contributed by atoms with Crippen molar-refractivity contribution in [1.29, 1.82) is 0 Å². The number of ether oxygens (including phenoxy) is 1. The average molecular weight is 293 g/mol. The molecule has 6 nitrogen and oxygen atoms in total. The van der Waals surface area contributed by atoms with Crippen LogP contribution in [0, 0.1) is 6.92 Å². The summed E-state index contributed by atoms with van der Waals surface area (Å²) in [4.78, 5) is 26.9. The van der Waals surface area contributed by atoms with Gasteiger partial charge in [0.05, 0.1) is 12.3 Å². The van der Waals surface area contributed by atoms with Crippen LogP contribution in [-0.4, -0.2) is 29.6 Å². The molecular formula is C15H23N3O3.